The molecule has 1 heterocycles. The van der Waals surface area contributed by atoms with Crippen molar-refractivity contribution < 1.29 is 19.0 Å². The molecule has 156 valence electrons. The van der Waals surface area contributed by atoms with Crippen molar-refractivity contribution in [1.82, 2.24) is 4.98 Å². The number of hydrogen-bond donors (Lipinski definition) is 2. The van der Waals surface area contributed by atoms with E-state index in [1.807, 2.05) is 19.1 Å². The first-order valence-corrected chi connectivity index (χ1v) is 10.0. The van der Waals surface area contributed by atoms with Crippen LogP contribution in [0.4, 0.5) is 5.69 Å². The van der Waals surface area contributed by atoms with E-state index in [0.29, 0.717) is 38.7 Å². The Balaban J connectivity index is 1.88. The van der Waals surface area contributed by atoms with E-state index in [1.54, 1.807) is 43.5 Å². The number of anilines is 1. The number of methoxy groups -OCH3 is 2. The number of rotatable bonds is 7. The summed E-state index contributed by atoms with van der Waals surface area (Å²) in [6, 6.07) is 12.5. The zero-order valence-electron chi connectivity index (χ0n) is 16.9. The topological polar surface area (TPSA) is 89.7 Å². The lowest BCUT2D eigenvalue weighted by atomic mass is 10.2. The van der Waals surface area contributed by atoms with Crippen LogP contribution in [0.1, 0.15) is 12.5 Å². The summed E-state index contributed by atoms with van der Waals surface area (Å²) in [5.74, 6) is 1.41. The number of aromatic nitrogens is 1. The van der Waals surface area contributed by atoms with Gasteiger partial charge in [0.1, 0.15) is 10.4 Å². The van der Waals surface area contributed by atoms with Gasteiger partial charge >= 0.3 is 0 Å². The number of H-pyrrole nitrogens is 1. The van der Waals surface area contributed by atoms with Gasteiger partial charge in [-0.15, -0.1) is 11.3 Å². The molecule has 8 heteroatoms. The summed E-state index contributed by atoms with van der Waals surface area (Å²) >= 11 is 1.19. The fourth-order valence-corrected chi connectivity index (χ4v) is 3.65. The van der Waals surface area contributed by atoms with Crippen molar-refractivity contribution in [2.24, 2.45) is 0 Å². The van der Waals surface area contributed by atoms with Crippen molar-refractivity contribution in [3.8, 4) is 17.2 Å². The van der Waals surface area contributed by atoms with E-state index in [-0.39, 0.29) is 11.5 Å². The number of para-hydroxylation sites is 2. The number of thiazole rings is 1. The third-order valence-corrected chi connectivity index (χ3v) is 5.06. The molecule has 0 radical (unpaired) electrons. The van der Waals surface area contributed by atoms with E-state index in [1.165, 1.54) is 24.5 Å². The molecular formula is C22H22N2O5S. The Hall–Kier alpha value is -3.52. The Bertz CT molecular complexity index is 1210. The Morgan fingerprint density at radius 2 is 1.87 bits per heavy atom. The zero-order valence-corrected chi connectivity index (χ0v) is 17.7. The standard InChI is InChI=1S/C22H22N2O5S/c1-4-29-18-11-14(9-10-17(18)28-3)12-19-22(26)24-21(30-19)13-20(25)23-15-7-5-6-8-16(15)27-2/h5-13H,4H2,1-3H3,(H,23,25)(H,24,26)/b19-12-,21-13-. The molecule has 3 rings (SSSR count). The molecule has 1 amide bonds. The van der Waals surface area contributed by atoms with E-state index in [4.69, 9.17) is 14.2 Å². The minimum absolute atomic E-state index is 0.273. The highest BCUT2D eigenvalue weighted by Crippen LogP contribution is 2.28. The van der Waals surface area contributed by atoms with E-state index in [0.717, 1.165) is 5.56 Å². The third kappa shape index (κ3) is 5.09. The van der Waals surface area contributed by atoms with Crippen molar-refractivity contribution in [1.29, 1.82) is 0 Å². The fourth-order valence-electron chi connectivity index (χ4n) is 2.76. The summed E-state index contributed by atoms with van der Waals surface area (Å²) in [6.45, 7) is 2.39. The second-order valence-electron chi connectivity index (χ2n) is 6.11. The highest BCUT2D eigenvalue weighted by molar-refractivity contribution is 7.07. The number of hydrogen-bond acceptors (Lipinski definition) is 6. The summed E-state index contributed by atoms with van der Waals surface area (Å²) < 4.78 is 17.0. The average Bonchev–Trinajstić information content (AvgIpc) is 3.07. The lowest BCUT2D eigenvalue weighted by Crippen LogP contribution is -2.20. The van der Waals surface area contributed by atoms with Crippen LogP contribution >= 0.6 is 11.3 Å². The van der Waals surface area contributed by atoms with Gasteiger partial charge in [0.05, 0.1) is 31.0 Å². The third-order valence-electron chi connectivity index (χ3n) is 4.09. The lowest BCUT2D eigenvalue weighted by molar-refractivity contribution is -0.110. The fraction of sp³-hybridized carbons (Fsp3) is 0.182. The van der Waals surface area contributed by atoms with Crippen molar-refractivity contribution in [3.05, 3.63) is 67.6 Å². The molecule has 1 aromatic heterocycles. The first kappa shape index (κ1) is 21.2. The Morgan fingerprint density at radius 3 is 2.60 bits per heavy atom. The average molecular weight is 426 g/mol. The Morgan fingerprint density at radius 1 is 1.10 bits per heavy atom. The second-order valence-corrected chi connectivity index (χ2v) is 7.19. The molecule has 0 fully saturated rings. The molecule has 0 saturated carbocycles. The van der Waals surface area contributed by atoms with E-state index < -0.39 is 0 Å². The summed E-state index contributed by atoms with van der Waals surface area (Å²) in [5, 5.41) is 2.75. The molecule has 2 aromatic carbocycles. The number of ether oxygens (including phenoxy) is 3. The van der Waals surface area contributed by atoms with Gasteiger partial charge in [-0.25, -0.2) is 0 Å². The SMILES string of the molecule is CCOc1cc(/C=c2\s/c(=C\C(=O)Nc3ccccc3OC)[nH]c2=O)ccc1OC. The van der Waals surface area contributed by atoms with Crippen LogP contribution in [0.15, 0.2) is 47.3 Å². The van der Waals surface area contributed by atoms with Gasteiger partial charge in [0.2, 0.25) is 0 Å². The summed E-state index contributed by atoms with van der Waals surface area (Å²) in [7, 11) is 3.10. The first-order chi connectivity index (χ1) is 14.5. The highest BCUT2D eigenvalue weighted by Gasteiger charge is 2.06. The molecule has 2 N–H and O–H groups in total. The minimum atomic E-state index is -0.369. The van der Waals surface area contributed by atoms with Gasteiger partial charge in [-0.05, 0) is 42.8 Å². The molecular weight excluding hydrogens is 404 g/mol. The zero-order chi connectivity index (χ0) is 21.5. The van der Waals surface area contributed by atoms with Gasteiger partial charge < -0.3 is 24.5 Å². The van der Waals surface area contributed by atoms with Crippen molar-refractivity contribution >= 4 is 35.1 Å². The first-order valence-electron chi connectivity index (χ1n) is 9.21. The number of nitrogens with one attached hydrogen (secondary N) is 2. The number of carbonyl (C=O) groups is 1. The van der Waals surface area contributed by atoms with Crippen molar-refractivity contribution in [2.45, 2.75) is 6.92 Å². The summed E-state index contributed by atoms with van der Waals surface area (Å²) in [6.07, 6.45) is 3.08. The lowest BCUT2D eigenvalue weighted by Gasteiger charge is -2.09. The smallest absolute Gasteiger partial charge is 0.266 e. The van der Waals surface area contributed by atoms with Crippen LogP contribution in [0.2, 0.25) is 0 Å². The van der Waals surface area contributed by atoms with Crippen LogP contribution < -0.4 is 34.3 Å². The maximum absolute atomic E-state index is 12.3. The predicted molar refractivity (Wildman–Crippen MR) is 118 cm³/mol. The largest absolute Gasteiger partial charge is 0.495 e. The molecule has 0 aliphatic heterocycles. The van der Waals surface area contributed by atoms with Crippen LogP contribution in [-0.2, 0) is 4.79 Å². The van der Waals surface area contributed by atoms with Gasteiger partial charge in [-0.1, -0.05) is 18.2 Å². The molecule has 3 aromatic rings. The molecule has 0 atom stereocenters. The normalized spacial score (nSPS) is 12.0. The number of carbonyl (C=O) groups excluding carboxylic acids is 1. The molecule has 0 aliphatic rings. The van der Waals surface area contributed by atoms with Gasteiger partial charge in [0, 0.05) is 6.08 Å². The van der Waals surface area contributed by atoms with Crippen molar-refractivity contribution in [2.75, 3.05) is 26.1 Å². The molecule has 0 aliphatic carbocycles. The van der Waals surface area contributed by atoms with Crippen LogP contribution in [0.3, 0.4) is 0 Å². The molecule has 30 heavy (non-hydrogen) atoms. The predicted octanol–water partition coefficient (Wildman–Crippen LogP) is 2.10. The molecule has 0 saturated heterocycles. The van der Waals surface area contributed by atoms with Crippen LogP contribution in [0, 0.1) is 0 Å². The van der Waals surface area contributed by atoms with Crippen LogP contribution in [0.25, 0.3) is 12.2 Å². The summed E-state index contributed by atoms with van der Waals surface area (Å²) in [5.41, 5.74) is 1.07. The quantitative estimate of drug-likeness (QED) is 0.604. The summed E-state index contributed by atoms with van der Waals surface area (Å²) in [4.78, 5) is 27.4. The van der Waals surface area contributed by atoms with Gasteiger partial charge in [0.25, 0.3) is 11.5 Å². The van der Waals surface area contributed by atoms with Crippen LogP contribution in [0.5, 0.6) is 17.2 Å². The van der Waals surface area contributed by atoms with E-state index >= 15 is 0 Å². The van der Waals surface area contributed by atoms with Gasteiger partial charge in [0.15, 0.2) is 11.5 Å². The Labute approximate surface area is 177 Å². The van der Waals surface area contributed by atoms with Crippen molar-refractivity contribution in [3.63, 3.8) is 0 Å². The number of benzene rings is 2. The Kier molecular flexibility index (Phi) is 6.92. The highest BCUT2D eigenvalue weighted by atomic mass is 32.1. The van der Waals surface area contributed by atoms with E-state index in [9.17, 15) is 9.59 Å². The van der Waals surface area contributed by atoms with E-state index in [2.05, 4.69) is 10.3 Å². The maximum Gasteiger partial charge on any atom is 0.266 e. The number of aromatic amines is 1. The molecule has 0 spiro atoms. The molecule has 7 nitrogen and oxygen atoms in total. The second kappa shape index (κ2) is 9.80. The minimum Gasteiger partial charge on any atom is -0.495 e. The van der Waals surface area contributed by atoms with Gasteiger partial charge in [-0.2, -0.15) is 0 Å². The maximum atomic E-state index is 12.3. The number of amides is 1. The monoisotopic (exact) mass is 426 g/mol. The van der Waals surface area contributed by atoms with Crippen LogP contribution in [-0.4, -0.2) is 31.7 Å². The van der Waals surface area contributed by atoms with Gasteiger partial charge in [-0.3, -0.25) is 9.59 Å². The molecule has 0 unspecified atom stereocenters. The molecule has 0 bridgehead atoms.